The third-order valence-corrected chi connectivity index (χ3v) is 6.48. The molecule has 0 aliphatic carbocycles. The first-order chi connectivity index (χ1) is 14.1. The summed E-state index contributed by atoms with van der Waals surface area (Å²) in [5.41, 5.74) is 1.43. The summed E-state index contributed by atoms with van der Waals surface area (Å²) in [6.45, 7) is 6.87. The van der Waals surface area contributed by atoms with E-state index in [9.17, 15) is 4.79 Å². The number of carbonyl (C=O) groups is 1. The Hall–Kier alpha value is -2.51. The molecule has 1 aliphatic rings. The van der Waals surface area contributed by atoms with Crippen molar-refractivity contribution >= 4 is 17.2 Å². The molecule has 6 nitrogen and oxygen atoms in total. The van der Waals surface area contributed by atoms with Gasteiger partial charge in [0.25, 0.3) is 11.8 Å². The highest BCUT2D eigenvalue weighted by atomic mass is 32.1. The van der Waals surface area contributed by atoms with Crippen LogP contribution in [0.5, 0.6) is 0 Å². The van der Waals surface area contributed by atoms with Crippen molar-refractivity contribution in [2.24, 2.45) is 5.92 Å². The zero-order chi connectivity index (χ0) is 20.2. The molecule has 1 amide bonds. The molecule has 1 fully saturated rings. The molecule has 4 rings (SSSR count). The zero-order valence-corrected chi connectivity index (χ0v) is 17.6. The monoisotopic (exact) mass is 410 g/mol. The normalized spacial score (nSPS) is 16.6. The topological polar surface area (TPSA) is 71.3 Å². The summed E-state index contributed by atoms with van der Waals surface area (Å²) in [6.07, 6.45) is 2.43. The minimum absolute atomic E-state index is 0.0646. The molecule has 1 atom stereocenters. The Morgan fingerprint density at radius 2 is 2.03 bits per heavy atom. The quantitative estimate of drug-likeness (QED) is 0.656. The van der Waals surface area contributed by atoms with E-state index >= 15 is 0 Å². The van der Waals surface area contributed by atoms with Gasteiger partial charge in [0, 0.05) is 22.5 Å². The number of rotatable bonds is 6. The molecule has 2 aromatic heterocycles. The van der Waals surface area contributed by atoms with E-state index in [-0.39, 0.29) is 11.9 Å². The maximum Gasteiger partial charge on any atom is 0.257 e. The number of likely N-dealkylation sites (tertiary alicyclic amines) is 1. The van der Waals surface area contributed by atoms with E-state index in [4.69, 9.17) is 4.52 Å². The number of thiophene rings is 1. The van der Waals surface area contributed by atoms with Crippen LogP contribution in [-0.2, 0) is 0 Å². The van der Waals surface area contributed by atoms with Gasteiger partial charge in [-0.25, -0.2) is 0 Å². The van der Waals surface area contributed by atoms with Crippen LogP contribution >= 0.6 is 11.3 Å². The van der Waals surface area contributed by atoms with Gasteiger partial charge in [-0.2, -0.15) is 4.98 Å². The lowest BCUT2D eigenvalue weighted by molar-refractivity contribution is 0.0915. The highest BCUT2D eigenvalue weighted by Gasteiger charge is 2.25. The highest BCUT2D eigenvalue weighted by Crippen LogP contribution is 2.29. The predicted molar refractivity (Wildman–Crippen MR) is 114 cm³/mol. The lowest BCUT2D eigenvalue weighted by atomic mass is 9.97. The van der Waals surface area contributed by atoms with Crippen molar-refractivity contribution in [2.75, 3.05) is 19.6 Å². The number of nitrogens with zero attached hydrogens (tertiary/aromatic N) is 3. The minimum Gasteiger partial charge on any atom is -0.350 e. The van der Waals surface area contributed by atoms with Crippen LogP contribution in [0, 0.1) is 12.8 Å². The third-order valence-electron chi connectivity index (χ3n) is 5.51. The molecule has 3 heterocycles. The van der Waals surface area contributed by atoms with Gasteiger partial charge in [0.15, 0.2) is 5.82 Å². The van der Waals surface area contributed by atoms with E-state index in [1.165, 1.54) is 17.7 Å². The standard InChI is InChI=1S/C22H26N4O2S/c1-15-9-11-26(12-10-15)19(20-4-3-13-29-20)14-23-21(27)17-5-7-18(8-6-17)22-24-16(2)25-28-22/h3-8,13,15,19H,9-12,14H2,1-2H3,(H,23,27). The number of aromatic nitrogens is 2. The van der Waals surface area contributed by atoms with Crippen molar-refractivity contribution in [3.63, 3.8) is 0 Å². The van der Waals surface area contributed by atoms with E-state index in [0.717, 1.165) is 24.6 Å². The first-order valence-electron chi connectivity index (χ1n) is 10.1. The van der Waals surface area contributed by atoms with E-state index in [1.807, 2.05) is 12.1 Å². The lowest BCUT2D eigenvalue weighted by Gasteiger charge is -2.36. The maximum atomic E-state index is 12.7. The van der Waals surface area contributed by atoms with Gasteiger partial charge >= 0.3 is 0 Å². The molecule has 29 heavy (non-hydrogen) atoms. The Kier molecular flexibility index (Phi) is 6.06. The van der Waals surface area contributed by atoms with Crippen molar-refractivity contribution in [1.82, 2.24) is 20.4 Å². The molecule has 1 N–H and O–H groups in total. The number of amides is 1. The third kappa shape index (κ3) is 4.74. The second kappa shape index (κ2) is 8.88. The fraction of sp³-hybridized carbons (Fsp3) is 0.409. The Morgan fingerprint density at radius 1 is 1.28 bits per heavy atom. The summed E-state index contributed by atoms with van der Waals surface area (Å²) in [7, 11) is 0. The Morgan fingerprint density at radius 3 is 2.66 bits per heavy atom. The van der Waals surface area contributed by atoms with Gasteiger partial charge in [-0.1, -0.05) is 18.1 Å². The fourth-order valence-corrected chi connectivity index (χ4v) is 4.56. The molecule has 1 unspecified atom stereocenters. The highest BCUT2D eigenvalue weighted by molar-refractivity contribution is 7.10. The van der Waals surface area contributed by atoms with Crippen LogP contribution in [0.4, 0.5) is 0 Å². The minimum atomic E-state index is -0.0646. The second-order valence-electron chi connectivity index (χ2n) is 7.68. The number of hydrogen-bond donors (Lipinski definition) is 1. The average molecular weight is 411 g/mol. The predicted octanol–water partition coefficient (Wildman–Crippen LogP) is 4.31. The van der Waals surface area contributed by atoms with Gasteiger partial charge in [-0.3, -0.25) is 9.69 Å². The summed E-state index contributed by atoms with van der Waals surface area (Å²) in [4.78, 5) is 20.8. The Bertz CT molecular complexity index is 928. The Balaban J connectivity index is 1.41. The van der Waals surface area contributed by atoms with Crippen LogP contribution in [0.15, 0.2) is 46.3 Å². The van der Waals surface area contributed by atoms with E-state index < -0.39 is 0 Å². The van der Waals surface area contributed by atoms with Crippen molar-refractivity contribution in [3.8, 4) is 11.5 Å². The van der Waals surface area contributed by atoms with E-state index in [1.54, 1.807) is 30.4 Å². The summed E-state index contributed by atoms with van der Waals surface area (Å²) in [5, 5.41) is 9.04. The molecule has 0 spiro atoms. The fourth-order valence-electron chi connectivity index (χ4n) is 3.70. The smallest absolute Gasteiger partial charge is 0.257 e. The molecule has 1 aliphatic heterocycles. The van der Waals surface area contributed by atoms with Gasteiger partial charge in [-0.05, 0) is 74.5 Å². The van der Waals surface area contributed by atoms with Crippen LogP contribution < -0.4 is 5.32 Å². The van der Waals surface area contributed by atoms with Crippen molar-refractivity contribution in [2.45, 2.75) is 32.7 Å². The molecule has 1 aromatic carbocycles. The average Bonchev–Trinajstić information content (AvgIpc) is 3.41. The molecule has 3 aromatic rings. The summed E-state index contributed by atoms with van der Waals surface area (Å²) >= 11 is 1.76. The number of aryl methyl sites for hydroxylation is 1. The van der Waals surface area contributed by atoms with Gasteiger partial charge in [-0.15, -0.1) is 11.3 Å². The largest absolute Gasteiger partial charge is 0.350 e. The van der Waals surface area contributed by atoms with Crippen LogP contribution in [0.25, 0.3) is 11.5 Å². The van der Waals surface area contributed by atoms with Crippen LogP contribution in [0.3, 0.4) is 0 Å². The van der Waals surface area contributed by atoms with Crippen LogP contribution in [0.1, 0.15) is 46.9 Å². The number of benzene rings is 1. The molecular weight excluding hydrogens is 384 g/mol. The van der Waals surface area contributed by atoms with E-state index in [2.05, 4.69) is 44.8 Å². The molecule has 7 heteroatoms. The molecule has 0 radical (unpaired) electrons. The maximum absolute atomic E-state index is 12.7. The molecule has 1 saturated heterocycles. The van der Waals surface area contributed by atoms with Crippen molar-refractivity contribution in [3.05, 3.63) is 58.0 Å². The first kappa shape index (κ1) is 19.8. The molecular formula is C22H26N4O2S. The van der Waals surface area contributed by atoms with E-state index in [0.29, 0.717) is 23.8 Å². The van der Waals surface area contributed by atoms with Crippen LogP contribution in [-0.4, -0.2) is 40.6 Å². The summed E-state index contributed by atoms with van der Waals surface area (Å²) in [5.74, 6) is 1.77. The molecule has 152 valence electrons. The number of nitrogens with one attached hydrogen (secondary N) is 1. The number of carbonyl (C=O) groups excluding carboxylic acids is 1. The van der Waals surface area contributed by atoms with Crippen molar-refractivity contribution in [1.29, 1.82) is 0 Å². The zero-order valence-electron chi connectivity index (χ0n) is 16.8. The molecule has 0 bridgehead atoms. The van der Waals surface area contributed by atoms with Crippen molar-refractivity contribution < 1.29 is 9.32 Å². The summed E-state index contributed by atoms with van der Waals surface area (Å²) < 4.78 is 5.18. The van der Waals surface area contributed by atoms with Gasteiger partial charge < -0.3 is 9.84 Å². The second-order valence-corrected chi connectivity index (χ2v) is 8.66. The van der Waals surface area contributed by atoms with Gasteiger partial charge in [0.2, 0.25) is 0 Å². The first-order valence-corrected chi connectivity index (χ1v) is 10.9. The SMILES string of the molecule is Cc1noc(-c2ccc(C(=O)NCC(c3cccs3)N3CCC(C)CC3)cc2)n1. The van der Waals surface area contributed by atoms with Gasteiger partial charge in [0.05, 0.1) is 6.04 Å². The van der Waals surface area contributed by atoms with Gasteiger partial charge in [0.1, 0.15) is 0 Å². The number of hydrogen-bond acceptors (Lipinski definition) is 6. The lowest BCUT2D eigenvalue weighted by Crippen LogP contribution is -2.41. The number of piperidine rings is 1. The summed E-state index contributed by atoms with van der Waals surface area (Å²) in [6, 6.07) is 11.8. The molecule has 0 saturated carbocycles. The van der Waals surface area contributed by atoms with Crippen LogP contribution in [0.2, 0.25) is 0 Å². The Labute approximate surface area is 174 Å².